The predicted molar refractivity (Wildman–Crippen MR) is 101 cm³/mol. The van der Waals surface area contributed by atoms with Gasteiger partial charge >= 0.3 is 6.09 Å². The fraction of sp³-hybridized carbons (Fsp3) is 0.619. The van der Waals surface area contributed by atoms with Gasteiger partial charge in [0.15, 0.2) is 0 Å². The van der Waals surface area contributed by atoms with E-state index in [4.69, 9.17) is 0 Å². The molecule has 5 nitrogen and oxygen atoms in total. The maximum absolute atomic E-state index is 12.7. The first-order valence-corrected chi connectivity index (χ1v) is 9.57. The lowest BCUT2D eigenvalue weighted by molar-refractivity contribution is -0.143. The third-order valence-corrected chi connectivity index (χ3v) is 6.20. The number of benzene rings is 1. The maximum atomic E-state index is 12.7. The van der Waals surface area contributed by atoms with Crippen LogP contribution < -0.4 is 5.32 Å². The topological polar surface area (TPSA) is 58.6 Å². The molecule has 5 heteroatoms. The van der Waals surface area contributed by atoms with Crippen LogP contribution in [0.4, 0.5) is 4.79 Å². The van der Waals surface area contributed by atoms with Gasteiger partial charge in [0.25, 0.3) is 0 Å². The van der Waals surface area contributed by atoms with Crippen molar-refractivity contribution in [1.29, 1.82) is 0 Å². The molecule has 0 aliphatic heterocycles. The second-order valence-corrected chi connectivity index (χ2v) is 8.15. The van der Waals surface area contributed by atoms with E-state index >= 15 is 0 Å². The normalized spacial score (nSPS) is 29.9. The quantitative estimate of drug-likeness (QED) is 0.877. The number of carbonyl (C=O) groups excluding carboxylic acids is 2. The Labute approximate surface area is 156 Å². The third-order valence-electron chi connectivity index (χ3n) is 6.20. The summed E-state index contributed by atoms with van der Waals surface area (Å²) in [6.45, 7) is 4.13. The van der Waals surface area contributed by atoms with E-state index in [1.807, 2.05) is 18.9 Å². The summed E-state index contributed by atoms with van der Waals surface area (Å²) in [5, 5.41) is 2.83. The first kappa shape index (κ1) is 18.7. The van der Waals surface area contributed by atoms with E-state index in [0.717, 1.165) is 19.3 Å². The number of hydrogen-bond acceptors (Lipinski definition) is 3. The van der Waals surface area contributed by atoms with Gasteiger partial charge in [-0.2, -0.15) is 0 Å². The van der Waals surface area contributed by atoms with E-state index in [-0.39, 0.29) is 17.4 Å². The smallest absolute Gasteiger partial charge is 0.407 e. The van der Waals surface area contributed by atoms with E-state index in [2.05, 4.69) is 41.2 Å². The van der Waals surface area contributed by atoms with Gasteiger partial charge in [0.05, 0.1) is 7.11 Å². The molecule has 0 aromatic heterocycles. The van der Waals surface area contributed by atoms with Gasteiger partial charge in [-0.3, -0.25) is 4.79 Å². The lowest BCUT2D eigenvalue weighted by atomic mass is 9.68. The van der Waals surface area contributed by atoms with Gasteiger partial charge in [-0.05, 0) is 56.1 Å². The van der Waals surface area contributed by atoms with E-state index < -0.39 is 6.09 Å². The number of rotatable bonds is 5. The molecule has 0 atom stereocenters. The Hall–Kier alpha value is -2.04. The van der Waals surface area contributed by atoms with Crippen molar-refractivity contribution in [1.82, 2.24) is 10.2 Å². The van der Waals surface area contributed by atoms with Gasteiger partial charge in [-0.15, -0.1) is 0 Å². The lowest BCUT2D eigenvalue weighted by Gasteiger charge is -2.48. The largest absolute Gasteiger partial charge is 0.453 e. The molecule has 0 saturated heterocycles. The highest BCUT2D eigenvalue weighted by atomic mass is 16.5. The van der Waals surface area contributed by atoms with E-state index in [1.165, 1.54) is 18.2 Å². The van der Waals surface area contributed by atoms with Crippen LogP contribution in [-0.2, 0) is 16.0 Å². The van der Waals surface area contributed by atoms with Crippen LogP contribution in [0.2, 0.25) is 0 Å². The standard InChI is InChI=1S/C21H30N2O3/c1-5-14-6-8-15(9-7-14)16-10-18(11-16)23(3)19(24)17-12-21(2,13-17)22-20(25)26-4/h6-9,16-18H,5,10-13H2,1-4H3,(H,22,25). The number of alkyl carbamates (subject to hydrolysis) is 1. The predicted octanol–water partition coefficient (Wildman–Crippen LogP) is 3.48. The number of methoxy groups -OCH3 is 1. The Morgan fingerprint density at radius 2 is 1.85 bits per heavy atom. The fourth-order valence-electron chi connectivity index (χ4n) is 4.27. The van der Waals surface area contributed by atoms with E-state index in [0.29, 0.717) is 24.8 Å². The van der Waals surface area contributed by atoms with Crippen molar-refractivity contribution in [2.75, 3.05) is 14.2 Å². The second kappa shape index (κ2) is 7.29. The highest BCUT2D eigenvalue weighted by Gasteiger charge is 2.47. The minimum atomic E-state index is -0.428. The van der Waals surface area contributed by atoms with Crippen LogP contribution in [0, 0.1) is 5.92 Å². The summed E-state index contributed by atoms with van der Waals surface area (Å²) in [6.07, 6.45) is 4.08. The van der Waals surface area contributed by atoms with Crippen molar-refractivity contribution < 1.29 is 14.3 Å². The molecule has 2 amide bonds. The summed E-state index contributed by atoms with van der Waals surface area (Å²) in [5.41, 5.74) is 2.43. The zero-order valence-electron chi connectivity index (χ0n) is 16.2. The van der Waals surface area contributed by atoms with Crippen LogP contribution >= 0.6 is 0 Å². The molecule has 2 saturated carbocycles. The summed E-state index contributed by atoms with van der Waals surface area (Å²) >= 11 is 0. The maximum Gasteiger partial charge on any atom is 0.407 e. The lowest BCUT2D eigenvalue weighted by Crippen LogP contribution is -2.59. The number of nitrogens with zero attached hydrogens (tertiary/aromatic N) is 1. The van der Waals surface area contributed by atoms with Gasteiger partial charge in [-0.1, -0.05) is 31.2 Å². The molecule has 0 heterocycles. The van der Waals surface area contributed by atoms with Crippen LogP contribution in [-0.4, -0.2) is 42.6 Å². The Kier molecular flexibility index (Phi) is 5.26. The zero-order chi connectivity index (χ0) is 18.9. The molecular formula is C21H30N2O3. The highest BCUT2D eigenvalue weighted by Crippen LogP contribution is 2.43. The molecule has 2 fully saturated rings. The molecule has 0 spiro atoms. The van der Waals surface area contributed by atoms with Crippen molar-refractivity contribution in [2.24, 2.45) is 5.92 Å². The van der Waals surface area contributed by atoms with Gasteiger partial charge in [0.1, 0.15) is 0 Å². The number of amides is 2. The van der Waals surface area contributed by atoms with Crippen molar-refractivity contribution in [3.05, 3.63) is 35.4 Å². The Morgan fingerprint density at radius 3 is 2.38 bits per heavy atom. The fourth-order valence-corrected chi connectivity index (χ4v) is 4.27. The van der Waals surface area contributed by atoms with Gasteiger partial charge in [0, 0.05) is 24.5 Å². The number of aryl methyl sites for hydroxylation is 1. The van der Waals surface area contributed by atoms with Crippen molar-refractivity contribution >= 4 is 12.0 Å². The summed E-state index contributed by atoms with van der Waals surface area (Å²) < 4.78 is 4.65. The average molecular weight is 358 g/mol. The Morgan fingerprint density at radius 1 is 1.23 bits per heavy atom. The van der Waals surface area contributed by atoms with Crippen LogP contribution in [0.25, 0.3) is 0 Å². The molecule has 0 radical (unpaired) electrons. The SMILES string of the molecule is CCc1ccc(C2CC(N(C)C(=O)C3CC(C)(NC(=O)OC)C3)C2)cc1. The number of carbonyl (C=O) groups is 2. The molecule has 1 aromatic rings. The van der Waals surface area contributed by atoms with Gasteiger partial charge in [-0.25, -0.2) is 4.79 Å². The molecule has 3 rings (SSSR count). The first-order valence-electron chi connectivity index (χ1n) is 9.57. The van der Waals surface area contributed by atoms with Crippen LogP contribution in [0.3, 0.4) is 0 Å². The van der Waals surface area contributed by atoms with Crippen molar-refractivity contribution in [2.45, 2.75) is 63.5 Å². The van der Waals surface area contributed by atoms with Crippen molar-refractivity contribution in [3.8, 4) is 0 Å². The minimum absolute atomic E-state index is 0.00467. The second-order valence-electron chi connectivity index (χ2n) is 8.15. The minimum Gasteiger partial charge on any atom is -0.453 e. The molecular weight excluding hydrogens is 328 g/mol. The van der Waals surface area contributed by atoms with Gasteiger partial charge < -0.3 is 15.0 Å². The summed E-state index contributed by atoms with van der Waals surface area (Å²) in [7, 11) is 3.28. The highest BCUT2D eigenvalue weighted by molar-refractivity contribution is 5.81. The summed E-state index contributed by atoms with van der Waals surface area (Å²) in [5.74, 6) is 0.776. The van der Waals surface area contributed by atoms with Gasteiger partial charge in [0.2, 0.25) is 5.91 Å². The molecule has 2 aliphatic rings. The van der Waals surface area contributed by atoms with E-state index in [1.54, 1.807) is 0 Å². The van der Waals surface area contributed by atoms with Crippen molar-refractivity contribution in [3.63, 3.8) is 0 Å². The van der Waals surface area contributed by atoms with Crippen LogP contribution in [0.5, 0.6) is 0 Å². The Bertz CT molecular complexity index is 658. The molecule has 26 heavy (non-hydrogen) atoms. The number of ether oxygens (including phenoxy) is 1. The third kappa shape index (κ3) is 3.71. The number of nitrogens with one attached hydrogen (secondary N) is 1. The first-order chi connectivity index (χ1) is 12.3. The van der Waals surface area contributed by atoms with Crippen LogP contribution in [0.1, 0.15) is 56.6 Å². The Balaban J connectivity index is 1.46. The number of hydrogen-bond donors (Lipinski definition) is 1. The van der Waals surface area contributed by atoms with E-state index in [9.17, 15) is 9.59 Å². The molecule has 142 valence electrons. The average Bonchev–Trinajstić information content (AvgIpc) is 2.57. The summed E-state index contributed by atoms with van der Waals surface area (Å²) in [6, 6.07) is 9.22. The molecule has 1 N–H and O–H groups in total. The molecule has 1 aromatic carbocycles. The summed E-state index contributed by atoms with van der Waals surface area (Å²) in [4.78, 5) is 26.0. The monoisotopic (exact) mass is 358 g/mol. The zero-order valence-corrected chi connectivity index (χ0v) is 16.2. The molecule has 0 unspecified atom stereocenters. The molecule has 2 aliphatic carbocycles. The van der Waals surface area contributed by atoms with Crippen LogP contribution in [0.15, 0.2) is 24.3 Å². The molecule has 0 bridgehead atoms.